The van der Waals surface area contributed by atoms with E-state index in [2.05, 4.69) is 38.1 Å². The summed E-state index contributed by atoms with van der Waals surface area (Å²) < 4.78 is 5.00. The predicted octanol–water partition coefficient (Wildman–Crippen LogP) is 3.90. The lowest BCUT2D eigenvalue weighted by atomic mass is 9.84. The van der Waals surface area contributed by atoms with Crippen LogP contribution in [-0.4, -0.2) is 18.1 Å². The van der Waals surface area contributed by atoms with Crippen molar-refractivity contribution >= 4 is 6.09 Å². The summed E-state index contributed by atoms with van der Waals surface area (Å²) in [5, 5.41) is 0. The first-order chi connectivity index (χ1) is 10.1. The number of methoxy groups -OCH3 is 1. The first kappa shape index (κ1) is 13.7. The molecule has 1 aliphatic rings. The Hall–Kier alpha value is -2.29. The third-order valence-corrected chi connectivity index (χ3v) is 4.82. The number of nitrogens with zero attached hydrogens (tertiary/aromatic N) is 1. The predicted molar refractivity (Wildman–Crippen MR) is 81.8 cm³/mol. The minimum absolute atomic E-state index is 0.298. The fourth-order valence-corrected chi connectivity index (χ4v) is 3.41. The van der Waals surface area contributed by atoms with E-state index in [1.807, 2.05) is 41.3 Å². The van der Waals surface area contributed by atoms with Crippen molar-refractivity contribution in [3.8, 4) is 0 Å². The molecule has 0 radical (unpaired) electrons. The van der Waals surface area contributed by atoms with Crippen LogP contribution in [0.2, 0.25) is 0 Å². The van der Waals surface area contributed by atoms with Crippen LogP contribution in [0.3, 0.4) is 0 Å². The maximum Gasteiger partial charge on any atom is 0.411 e. The zero-order valence-electron chi connectivity index (χ0n) is 12.5. The third kappa shape index (κ3) is 1.70. The molecule has 3 nitrogen and oxygen atoms in total. The van der Waals surface area contributed by atoms with Crippen LogP contribution < -0.4 is 0 Å². The molecule has 0 N–H and O–H groups in total. The highest BCUT2D eigenvalue weighted by atomic mass is 16.5. The average molecular weight is 281 g/mol. The highest BCUT2D eigenvalue weighted by molar-refractivity contribution is 5.77. The van der Waals surface area contributed by atoms with E-state index in [-0.39, 0.29) is 6.09 Å². The van der Waals surface area contributed by atoms with E-state index in [1.54, 1.807) is 0 Å². The first-order valence-corrected chi connectivity index (χ1v) is 7.06. The molecule has 0 aromatic heterocycles. The minimum Gasteiger partial charge on any atom is -0.453 e. The fourth-order valence-electron chi connectivity index (χ4n) is 3.41. The van der Waals surface area contributed by atoms with Gasteiger partial charge in [-0.2, -0.15) is 0 Å². The van der Waals surface area contributed by atoms with Gasteiger partial charge in [-0.25, -0.2) is 4.79 Å². The number of carbonyl (C=O) groups excluding carboxylic acids is 1. The van der Waals surface area contributed by atoms with Crippen LogP contribution in [0, 0.1) is 0 Å². The lowest BCUT2D eigenvalue weighted by Crippen LogP contribution is -2.19. The molecule has 2 aromatic rings. The van der Waals surface area contributed by atoms with Gasteiger partial charge in [-0.15, -0.1) is 0 Å². The quantitative estimate of drug-likeness (QED) is 0.781. The molecule has 0 unspecified atom stereocenters. The van der Waals surface area contributed by atoms with E-state index in [4.69, 9.17) is 4.74 Å². The zero-order chi connectivity index (χ0) is 15.1. The highest BCUT2D eigenvalue weighted by Gasteiger charge is 2.73. The van der Waals surface area contributed by atoms with Crippen LogP contribution in [0.15, 0.2) is 60.7 Å². The van der Waals surface area contributed by atoms with Crippen LogP contribution in [0.1, 0.15) is 25.0 Å². The number of benzene rings is 2. The van der Waals surface area contributed by atoms with Crippen molar-refractivity contribution < 1.29 is 9.53 Å². The summed E-state index contributed by atoms with van der Waals surface area (Å²) in [6.07, 6.45) is -0.298. The van der Waals surface area contributed by atoms with Gasteiger partial charge in [-0.3, -0.25) is 4.90 Å². The van der Waals surface area contributed by atoms with E-state index in [0.29, 0.717) is 0 Å². The van der Waals surface area contributed by atoms with Gasteiger partial charge in [-0.05, 0) is 25.0 Å². The summed E-state index contributed by atoms with van der Waals surface area (Å²) in [4.78, 5) is 14.1. The molecule has 0 spiro atoms. The van der Waals surface area contributed by atoms with Crippen LogP contribution in [0.5, 0.6) is 0 Å². The standard InChI is InChI=1S/C18H19NO2/c1-17(14-10-6-4-7-11-14)18(2,19(17)16(20)21-3)15-12-8-5-9-13-15/h4-13H,1-3H3/t17-,18+,19?. The summed E-state index contributed by atoms with van der Waals surface area (Å²) in [5.41, 5.74) is 1.43. The van der Waals surface area contributed by atoms with Gasteiger partial charge in [0.2, 0.25) is 0 Å². The van der Waals surface area contributed by atoms with E-state index in [1.165, 1.54) is 7.11 Å². The van der Waals surface area contributed by atoms with Crippen molar-refractivity contribution in [3.05, 3.63) is 71.8 Å². The first-order valence-electron chi connectivity index (χ1n) is 7.06. The highest BCUT2D eigenvalue weighted by Crippen LogP contribution is 2.64. The molecule has 0 saturated carbocycles. The van der Waals surface area contributed by atoms with Crippen LogP contribution >= 0.6 is 0 Å². The Morgan fingerprint density at radius 1 is 0.857 bits per heavy atom. The van der Waals surface area contributed by atoms with Gasteiger partial charge in [0.15, 0.2) is 0 Å². The Bertz CT molecular complexity index is 604. The lowest BCUT2D eigenvalue weighted by Gasteiger charge is -2.14. The summed E-state index contributed by atoms with van der Waals surface area (Å²) in [6.45, 7) is 4.18. The maximum atomic E-state index is 12.3. The molecule has 0 aliphatic carbocycles. The molecule has 1 heterocycles. The molecule has 108 valence electrons. The van der Waals surface area contributed by atoms with E-state index in [0.717, 1.165) is 11.1 Å². The number of rotatable bonds is 2. The summed E-state index contributed by atoms with van der Waals surface area (Å²) in [5.74, 6) is 0. The fraction of sp³-hybridized carbons (Fsp3) is 0.278. The normalized spacial score (nSPS) is 27.3. The number of hydrogen-bond acceptors (Lipinski definition) is 2. The van der Waals surface area contributed by atoms with Crippen molar-refractivity contribution in [1.82, 2.24) is 4.90 Å². The zero-order valence-corrected chi connectivity index (χ0v) is 12.5. The maximum absolute atomic E-state index is 12.3. The van der Waals surface area contributed by atoms with Gasteiger partial charge in [0.05, 0.1) is 18.2 Å². The Labute approximate surface area is 125 Å². The topological polar surface area (TPSA) is 29.3 Å². The van der Waals surface area contributed by atoms with Crippen molar-refractivity contribution in [3.63, 3.8) is 0 Å². The van der Waals surface area contributed by atoms with E-state index in [9.17, 15) is 4.79 Å². The second-order valence-corrected chi connectivity index (χ2v) is 5.68. The second kappa shape index (κ2) is 4.62. The van der Waals surface area contributed by atoms with Gasteiger partial charge >= 0.3 is 6.09 Å². The van der Waals surface area contributed by atoms with Crippen molar-refractivity contribution in [2.24, 2.45) is 0 Å². The van der Waals surface area contributed by atoms with Gasteiger partial charge in [0, 0.05) is 0 Å². The van der Waals surface area contributed by atoms with Gasteiger partial charge < -0.3 is 4.74 Å². The molecule has 2 atom stereocenters. The summed E-state index contributed by atoms with van der Waals surface area (Å²) in [7, 11) is 1.43. The molecule has 3 heteroatoms. The largest absolute Gasteiger partial charge is 0.453 e. The molecule has 1 aliphatic heterocycles. The monoisotopic (exact) mass is 281 g/mol. The molecule has 21 heavy (non-hydrogen) atoms. The van der Waals surface area contributed by atoms with E-state index < -0.39 is 11.1 Å². The average Bonchev–Trinajstić information content (AvgIpc) is 3.07. The Morgan fingerprint density at radius 3 is 1.57 bits per heavy atom. The van der Waals surface area contributed by atoms with Crippen molar-refractivity contribution in [2.45, 2.75) is 24.9 Å². The smallest absolute Gasteiger partial charge is 0.411 e. The molecule has 0 bridgehead atoms. The Morgan fingerprint density at radius 2 is 1.24 bits per heavy atom. The van der Waals surface area contributed by atoms with Crippen molar-refractivity contribution in [1.29, 1.82) is 0 Å². The van der Waals surface area contributed by atoms with E-state index >= 15 is 0 Å². The number of amides is 1. The lowest BCUT2D eigenvalue weighted by molar-refractivity contribution is 0.143. The number of hydrogen-bond donors (Lipinski definition) is 0. The van der Waals surface area contributed by atoms with Gasteiger partial charge in [-0.1, -0.05) is 60.7 Å². The minimum atomic E-state index is -0.400. The molecule has 2 aromatic carbocycles. The van der Waals surface area contributed by atoms with Crippen LogP contribution in [0.4, 0.5) is 4.79 Å². The summed E-state index contributed by atoms with van der Waals surface area (Å²) in [6, 6.07) is 20.2. The molecule has 1 fully saturated rings. The Balaban J connectivity index is 2.13. The SMILES string of the molecule is COC(=O)N1[C@](C)(c2ccccc2)[C@]1(C)c1ccccc1. The third-order valence-electron chi connectivity index (χ3n) is 4.82. The summed E-state index contributed by atoms with van der Waals surface area (Å²) >= 11 is 0. The molecule has 3 rings (SSSR count). The second-order valence-electron chi connectivity index (χ2n) is 5.68. The van der Waals surface area contributed by atoms with Crippen molar-refractivity contribution in [2.75, 3.05) is 7.11 Å². The van der Waals surface area contributed by atoms with Crippen LogP contribution in [-0.2, 0) is 15.8 Å². The molecule has 1 saturated heterocycles. The van der Waals surface area contributed by atoms with Gasteiger partial charge in [0.1, 0.15) is 0 Å². The molecule has 1 amide bonds. The Kier molecular flexibility index (Phi) is 3.01. The van der Waals surface area contributed by atoms with Crippen LogP contribution in [0.25, 0.3) is 0 Å². The number of ether oxygens (including phenoxy) is 1. The van der Waals surface area contributed by atoms with Gasteiger partial charge in [0.25, 0.3) is 0 Å². The molecular formula is C18H19NO2. The molecular weight excluding hydrogens is 262 g/mol. The number of carbonyl (C=O) groups is 1.